The number of carbonyl (C=O) groups is 1. The van der Waals surface area contributed by atoms with Gasteiger partial charge < -0.3 is 5.10 Å². The van der Waals surface area contributed by atoms with Crippen molar-refractivity contribution in [1.29, 1.82) is 0 Å². The summed E-state index contributed by atoms with van der Waals surface area (Å²) in [5, 5.41) is 15.2. The molecule has 1 fully saturated rings. The van der Waals surface area contributed by atoms with Crippen molar-refractivity contribution in [3.63, 3.8) is 0 Å². The Bertz CT molecular complexity index is 1120. The topological polar surface area (TPSA) is 85.4 Å². The molecule has 1 saturated carbocycles. The molecule has 33 heavy (non-hydrogen) atoms. The molecular formula is C25H27KN6O. The average Bonchev–Trinajstić information content (AvgIpc) is 3.58. The molecule has 3 aromatic rings. The van der Waals surface area contributed by atoms with Crippen LogP contribution >= 0.6 is 0 Å². The molecule has 1 amide bonds. The number of aromatic nitrogens is 4. The number of benzene rings is 2. The van der Waals surface area contributed by atoms with Crippen LogP contribution in [-0.4, -0.2) is 37.7 Å². The minimum atomic E-state index is -0.483. The summed E-state index contributed by atoms with van der Waals surface area (Å²) in [6, 6.07) is 16.3. The molecule has 0 saturated heterocycles. The molecular weight excluding hydrogens is 439 g/mol. The third-order valence-electron chi connectivity index (χ3n) is 6.58. The van der Waals surface area contributed by atoms with Crippen molar-refractivity contribution < 1.29 is 56.2 Å². The number of tetrazole rings is 1. The Morgan fingerprint density at radius 2 is 1.76 bits per heavy atom. The number of hydrogen-bond acceptors (Lipinski definition) is 5. The average molecular weight is 467 g/mol. The molecule has 0 bridgehead atoms. The molecule has 8 heteroatoms. The van der Waals surface area contributed by atoms with Crippen molar-refractivity contribution in [1.82, 2.24) is 25.5 Å². The van der Waals surface area contributed by atoms with Gasteiger partial charge in [-0.05, 0) is 41.5 Å². The molecule has 0 radical (unpaired) electrons. The Morgan fingerprint density at radius 1 is 1.03 bits per heavy atom. The molecule has 5 rings (SSSR count). The fourth-order valence-electron chi connectivity index (χ4n) is 4.85. The Morgan fingerprint density at radius 3 is 2.42 bits per heavy atom. The van der Waals surface area contributed by atoms with Crippen molar-refractivity contribution in [2.75, 3.05) is 0 Å². The Kier molecular flexibility index (Phi) is 7.91. The van der Waals surface area contributed by atoms with Gasteiger partial charge in [-0.3, -0.25) is 25.0 Å². The van der Waals surface area contributed by atoms with E-state index in [4.69, 9.17) is 4.99 Å². The fraction of sp³-hybridized carbons (Fsp3) is 0.400. The van der Waals surface area contributed by atoms with Gasteiger partial charge in [0.2, 0.25) is 0 Å². The van der Waals surface area contributed by atoms with Gasteiger partial charge in [-0.25, -0.2) is 0 Å². The first-order valence-corrected chi connectivity index (χ1v) is 11.5. The molecule has 2 aromatic carbocycles. The summed E-state index contributed by atoms with van der Waals surface area (Å²) in [6.07, 6.45) is 6.99. The van der Waals surface area contributed by atoms with Crippen LogP contribution in [0, 0.1) is 0 Å². The fourth-order valence-corrected chi connectivity index (χ4v) is 4.85. The third kappa shape index (κ3) is 4.91. The normalized spacial score (nSPS) is 16.8. The van der Waals surface area contributed by atoms with E-state index in [1.165, 1.54) is 0 Å². The molecule has 2 heterocycles. The Balaban J connectivity index is 0.00000259. The number of aliphatic imine (C=N–C) groups is 1. The van der Waals surface area contributed by atoms with Crippen LogP contribution in [0.5, 0.6) is 0 Å². The third-order valence-corrected chi connectivity index (χ3v) is 6.58. The van der Waals surface area contributed by atoms with Crippen LogP contribution in [0.2, 0.25) is 0 Å². The molecule has 0 unspecified atom stereocenters. The molecule has 1 spiro atoms. The van der Waals surface area contributed by atoms with Gasteiger partial charge >= 0.3 is 51.4 Å². The molecule has 1 aliphatic heterocycles. The summed E-state index contributed by atoms with van der Waals surface area (Å²) in [4.78, 5) is 20.3. The smallest absolute Gasteiger partial charge is 0.330 e. The SMILES string of the molecule is CCCCC1=NC2(CCCC2)C(=O)N1Cc1ccc(-c2ccccc2-c2nnn[n-]2)cc1.[K+]. The summed E-state index contributed by atoms with van der Waals surface area (Å²) in [6.45, 7) is 2.75. The zero-order valence-corrected chi connectivity index (χ0v) is 22.5. The zero-order valence-electron chi connectivity index (χ0n) is 19.4. The van der Waals surface area contributed by atoms with Gasteiger partial charge in [0.15, 0.2) is 0 Å². The van der Waals surface area contributed by atoms with Crippen LogP contribution in [0.1, 0.15) is 57.4 Å². The second-order valence-corrected chi connectivity index (χ2v) is 8.71. The van der Waals surface area contributed by atoms with E-state index in [9.17, 15) is 4.79 Å². The van der Waals surface area contributed by atoms with Gasteiger partial charge in [-0.2, -0.15) is 5.21 Å². The second-order valence-electron chi connectivity index (χ2n) is 8.71. The quantitative estimate of drug-likeness (QED) is 0.492. The van der Waals surface area contributed by atoms with E-state index < -0.39 is 5.54 Å². The van der Waals surface area contributed by atoms with Crippen LogP contribution in [-0.2, 0) is 11.3 Å². The predicted molar refractivity (Wildman–Crippen MR) is 123 cm³/mol. The van der Waals surface area contributed by atoms with Crippen molar-refractivity contribution in [3.05, 3.63) is 54.1 Å². The van der Waals surface area contributed by atoms with Crippen molar-refractivity contribution in [3.8, 4) is 22.5 Å². The summed E-state index contributed by atoms with van der Waals surface area (Å²) in [5.74, 6) is 1.69. The van der Waals surface area contributed by atoms with Gasteiger partial charge in [0.1, 0.15) is 11.4 Å². The summed E-state index contributed by atoms with van der Waals surface area (Å²) >= 11 is 0. The zero-order chi connectivity index (χ0) is 22.0. The summed E-state index contributed by atoms with van der Waals surface area (Å²) < 4.78 is 0. The van der Waals surface area contributed by atoms with Gasteiger partial charge in [-0.15, -0.1) is 0 Å². The van der Waals surface area contributed by atoms with E-state index in [-0.39, 0.29) is 57.3 Å². The minimum absolute atomic E-state index is 0. The Labute approximate surface area is 236 Å². The molecule has 0 N–H and O–H groups in total. The number of amides is 1. The van der Waals surface area contributed by atoms with Gasteiger partial charge in [0, 0.05) is 12.2 Å². The minimum Gasteiger partial charge on any atom is -0.330 e. The van der Waals surface area contributed by atoms with Gasteiger partial charge in [0.05, 0.1) is 6.54 Å². The standard InChI is InChI=1S/C25H27N6O.K/c1-2-3-10-22-26-25(15-6-7-16-25)24(32)31(22)17-18-11-13-19(14-12-18)20-8-4-5-9-21(20)23-27-29-30-28-23;/h4-5,8-9,11-14H,2-3,6-7,10,15-17H2,1H3;/q-1;+1. The molecule has 164 valence electrons. The molecule has 2 aliphatic rings. The van der Waals surface area contributed by atoms with Crippen LogP contribution < -0.4 is 56.5 Å². The van der Waals surface area contributed by atoms with Gasteiger partial charge in [-0.1, -0.05) is 74.7 Å². The number of unbranched alkanes of at least 4 members (excludes halogenated alkanes) is 1. The maximum Gasteiger partial charge on any atom is 1.00 e. The van der Waals surface area contributed by atoms with Crippen LogP contribution in [0.4, 0.5) is 0 Å². The maximum absolute atomic E-state index is 13.4. The van der Waals surface area contributed by atoms with E-state index in [2.05, 4.69) is 51.8 Å². The van der Waals surface area contributed by atoms with Crippen molar-refractivity contribution >= 4 is 11.7 Å². The van der Waals surface area contributed by atoms with E-state index in [1.54, 1.807) is 0 Å². The van der Waals surface area contributed by atoms with E-state index in [0.717, 1.165) is 73.0 Å². The predicted octanol–water partition coefficient (Wildman–Crippen LogP) is 1.41. The number of carbonyl (C=O) groups excluding carboxylic acids is 1. The molecule has 1 aromatic heterocycles. The molecule has 7 nitrogen and oxygen atoms in total. The van der Waals surface area contributed by atoms with Crippen LogP contribution in [0.3, 0.4) is 0 Å². The Hall–Kier alpha value is -1.71. The van der Waals surface area contributed by atoms with Crippen LogP contribution in [0.25, 0.3) is 22.5 Å². The number of rotatable bonds is 7. The first-order chi connectivity index (χ1) is 15.7. The molecule has 0 atom stereocenters. The first kappa shape index (κ1) is 24.4. The monoisotopic (exact) mass is 466 g/mol. The van der Waals surface area contributed by atoms with Crippen molar-refractivity contribution in [2.24, 2.45) is 4.99 Å². The molecule has 1 aliphatic carbocycles. The number of hydrogen-bond donors (Lipinski definition) is 0. The van der Waals surface area contributed by atoms with Crippen LogP contribution in [0.15, 0.2) is 53.5 Å². The first-order valence-electron chi connectivity index (χ1n) is 11.5. The number of amidine groups is 1. The number of nitrogens with zero attached hydrogens (tertiary/aromatic N) is 6. The van der Waals surface area contributed by atoms with E-state index >= 15 is 0 Å². The largest absolute Gasteiger partial charge is 1.00 e. The van der Waals surface area contributed by atoms with Crippen molar-refractivity contribution in [2.45, 2.75) is 64.0 Å². The van der Waals surface area contributed by atoms with E-state index in [1.807, 2.05) is 29.2 Å². The summed E-state index contributed by atoms with van der Waals surface area (Å²) in [5.41, 5.74) is 3.61. The van der Waals surface area contributed by atoms with E-state index in [0.29, 0.717) is 12.4 Å². The maximum atomic E-state index is 13.4. The summed E-state index contributed by atoms with van der Waals surface area (Å²) in [7, 11) is 0. The second kappa shape index (κ2) is 10.7. The van der Waals surface area contributed by atoms with Gasteiger partial charge in [0.25, 0.3) is 5.91 Å².